The molecule has 0 aliphatic rings. The van der Waals surface area contributed by atoms with Crippen LogP contribution < -0.4 is 0 Å². The summed E-state index contributed by atoms with van der Waals surface area (Å²) in [6.07, 6.45) is 2.18. The van der Waals surface area contributed by atoms with Crippen molar-refractivity contribution in [3.8, 4) is 0 Å². The molecular weight excluding hydrogens is 207 g/mol. The third kappa shape index (κ3) is 4.92. The predicted octanol–water partition coefficient (Wildman–Crippen LogP) is 1.35. The lowest BCUT2D eigenvalue weighted by molar-refractivity contribution is -0.463. The SMILES string of the molecule is CC(C)N(C=[N+](C)C)P(N(C)C)N(C)C. The Labute approximate surface area is 96.1 Å². The molecule has 0 aliphatic heterocycles. The standard InChI is InChI=1S/C10H26N4P/c1-10(2)14(9-11(3)4)15(12(5)6)13(7)8/h9-10H,1-8H3/q+1. The third-order valence-electron chi connectivity index (χ3n) is 1.80. The van der Waals surface area contributed by atoms with Crippen LogP contribution in [0.25, 0.3) is 0 Å². The van der Waals surface area contributed by atoms with E-state index < -0.39 is 8.37 Å². The summed E-state index contributed by atoms with van der Waals surface area (Å²) < 4.78 is 9.04. The summed E-state index contributed by atoms with van der Waals surface area (Å²) in [6.45, 7) is 4.45. The van der Waals surface area contributed by atoms with Crippen LogP contribution in [0.5, 0.6) is 0 Å². The first-order valence-electron chi connectivity index (χ1n) is 5.21. The molecular formula is C10H26N4P+. The molecule has 0 bridgehead atoms. The lowest BCUT2D eigenvalue weighted by Gasteiger charge is -2.34. The maximum atomic E-state index is 2.40. The Morgan fingerprint density at radius 1 is 1.00 bits per heavy atom. The van der Waals surface area contributed by atoms with Crippen LogP contribution in [0.3, 0.4) is 0 Å². The topological polar surface area (TPSA) is 12.7 Å². The van der Waals surface area contributed by atoms with Crippen molar-refractivity contribution in [2.24, 2.45) is 0 Å². The number of hydrogen-bond acceptors (Lipinski definition) is 2. The van der Waals surface area contributed by atoms with Crippen molar-refractivity contribution in [1.29, 1.82) is 0 Å². The highest BCUT2D eigenvalue weighted by Crippen LogP contribution is 2.44. The van der Waals surface area contributed by atoms with E-state index in [1.807, 2.05) is 0 Å². The highest BCUT2D eigenvalue weighted by atomic mass is 31.2. The Bertz CT molecular complexity index is 201. The van der Waals surface area contributed by atoms with Gasteiger partial charge in [-0.25, -0.2) is 14.0 Å². The van der Waals surface area contributed by atoms with Crippen LogP contribution >= 0.6 is 8.37 Å². The Balaban J connectivity index is 4.93. The lowest BCUT2D eigenvalue weighted by Crippen LogP contribution is -2.36. The quantitative estimate of drug-likeness (QED) is 0.308. The van der Waals surface area contributed by atoms with Gasteiger partial charge in [-0.2, -0.15) is 0 Å². The molecule has 0 saturated heterocycles. The fraction of sp³-hybridized carbons (Fsp3) is 0.900. The van der Waals surface area contributed by atoms with Crippen molar-refractivity contribution in [3.63, 3.8) is 0 Å². The van der Waals surface area contributed by atoms with Crippen molar-refractivity contribution < 1.29 is 4.58 Å². The van der Waals surface area contributed by atoms with Gasteiger partial charge in [0.1, 0.15) is 0 Å². The fourth-order valence-electron chi connectivity index (χ4n) is 1.39. The van der Waals surface area contributed by atoms with Crippen molar-refractivity contribution in [2.45, 2.75) is 19.9 Å². The Morgan fingerprint density at radius 3 is 1.60 bits per heavy atom. The molecule has 0 fully saturated rings. The summed E-state index contributed by atoms with van der Waals surface area (Å²) in [5.74, 6) is 0. The highest BCUT2D eigenvalue weighted by molar-refractivity contribution is 7.50. The molecule has 0 atom stereocenters. The van der Waals surface area contributed by atoms with Gasteiger partial charge in [-0.3, -0.25) is 4.58 Å². The van der Waals surface area contributed by atoms with Gasteiger partial charge < -0.3 is 0 Å². The molecule has 0 aromatic rings. The molecule has 0 amide bonds. The summed E-state index contributed by atoms with van der Waals surface area (Å²) in [5.41, 5.74) is 0. The average molecular weight is 233 g/mol. The van der Waals surface area contributed by atoms with Gasteiger partial charge in [0.25, 0.3) is 8.37 Å². The summed E-state index contributed by atoms with van der Waals surface area (Å²) in [6, 6.07) is 0.503. The van der Waals surface area contributed by atoms with Gasteiger partial charge in [0, 0.05) is 0 Å². The molecule has 0 saturated carbocycles. The van der Waals surface area contributed by atoms with Gasteiger partial charge >= 0.3 is 0 Å². The van der Waals surface area contributed by atoms with Gasteiger partial charge in [-0.1, -0.05) is 0 Å². The van der Waals surface area contributed by atoms with E-state index in [9.17, 15) is 0 Å². The molecule has 0 heterocycles. The van der Waals surface area contributed by atoms with Crippen molar-refractivity contribution in [1.82, 2.24) is 14.0 Å². The van der Waals surface area contributed by atoms with Gasteiger partial charge in [0.15, 0.2) is 0 Å². The van der Waals surface area contributed by atoms with Gasteiger partial charge in [-0.05, 0) is 42.0 Å². The number of rotatable bonds is 5. The molecule has 0 spiro atoms. The van der Waals surface area contributed by atoms with E-state index in [2.05, 4.69) is 81.1 Å². The molecule has 4 nitrogen and oxygen atoms in total. The molecule has 0 unspecified atom stereocenters. The number of nitrogens with zero attached hydrogens (tertiary/aromatic N) is 4. The largest absolute Gasteiger partial charge is 0.274 e. The first-order valence-corrected chi connectivity index (χ1v) is 6.41. The van der Waals surface area contributed by atoms with Crippen LogP contribution in [0.1, 0.15) is 13.8 Å². The van der Waals surface area contributed by atoms with Crippen LogP contribution in [0, 0.1) is 0 Å². The summed E-state index contributed by atoms with van der Waals surface area (Å²) >= 11 is 0. The minimum Gasteiger partial charge on any atom is -0.274 e. The highest BCUT2D eigenvalue weighted by Gasteiger charge is 2.30. The molecule has 90 valence electrons. The fourth-order valence-corrected chi connectivity index (χ4v) is 3.65. The number of hydrogen-bond donors (Lipinski definition) is 0. The minimum atomic E-state index is -0.411. The molecule has 0 N–H and O–H groups in total. The van der Waals surface area contributed by atoms with E-state index in [0.717, 1.165) is 0 Å². The summed E-state index contributed by atoms with van der Waals surface area (Å²) in [7, 11) is 12.2. The van der Waals surface area contributed by atoms with E-state index in [1.165, 1.54) is 0 Å². The average Bonchev–Trinajstić information content (AvgIpc) is 2.00. The molecule has 0 rings (SSSR count). The molecule has 5 heteroatoms. The molecule has 0 radical (unpaired) electrons. The van der Waals surface area contributed by atoms with Crippen molar-refractivity contribution in [3.05, 3.63) is 0 Å². The van der Waals surface area contributed by atoms with Crippen molar-refractivity contribution >= 4 is 14.7 Å². The summed E-state index contributed by atoms with van der Waals surface area (Å²) in [4.78, 5) is 0. The Kier molecular flexibility index (Phi) is 6.34. The zero-order chi connectivity index (χ0) is 12.2. The molecule has 0 aromatic carbocycles. The van der Waals surface area contributed by atoms with E-state index in [4.69, 9.17) is 0 Å². The van der Waals surface area contributed by atoms with Crippen LogP contribution in [0.2, 0.25) is 0 Å². The van der Waals surface area contributed by atoms with Crippen molar-refractivity contribution in [2.75, 3.05) is 42.3 Å². The predicted molar refractivity (Wildman–Crippen MR) is 69.4 cm³/mol. The van der Waals surface area contributed by atoms with Gasteiger partial charge in [-0.15, -0.1) is 0 Å². The normalized spacial score (nSPS) is 11.7. The van der Waals surface area contributed by atoms with E-state index in [-0.39, 0.29) is 0 Å². The monoisotopic (exact) mass is 233 g/mol. The molecule has 0 aliphatic carbocycles. The first-order chi connectivity index (χ1) is 6.77. The minimum absolute atomic E-state index is 0.411. The Hall–Kier alpha value is -0.180. The van der Waals surface area contributed by atoms with E-state index in [1.54, 1.807) is 0 Å². The maximum Gasteiger partial charge on any atom is 0.251 e. The zero-order valence-electron chi connectivity index (χ0n) is 11.4. The zero-order valence-corrected chi connectivity index (χ0v) is 12.3. The third-order valence-corrected chi connectivity index (χ3v) is 4.21. The molecule has 0 aromatic heterocycles. The van der Waals surface area contributed by atoms with Crippen LogP contribution in [0.15, 0.2) is 0 Å². The van der Waals surface area contributed by atoms with Crippen LogP contribution in [0.4, 0.5) is 0 Å². The van der Waals surface area contributed by atoms with Crippen LogP contribution in [-0.2, 0) is 0 Å². The summed E-state index contributed by atoms with van der Waals surface area (Å²) in [5, 5.41) is 0. The van der Waals surface area contributed by atoms with Crippen LogP contribution in [-0.4, -0.2) is 73.3 Å². The molecule has 15 heavy (non-hydrogen) atoms. The van der Waals surface area contributed by atoms with E-state index in [0.29, 0.717) is 6.04 Å². The van der Waals surface area contributed by atoms with E-state index >= 15 is 0 Å². The van der Waals surface area contributed by atoms with Gasteiger partial charge in [0.2, 0.25) is 6.34 Å². The Morgan fingerprint density at radius 2 is 1.40 bits per heavy atom. The second kappa shape index (κ2) is 6.41. The first kappa shape index (κ1) is 14.8. The van der Waals surface area contributed by atoms with Gasteiger partial charge in [0.05, 0.1) is 20.1 Å². The second-order valence-corrected chi connectivity index (χ2v) is 7.11. The second-order valence-electron chi connectivity index (χ2n) is 4.52. The smallest absolute Gasteiger partial charge is 0.251 e. The maximum absolute atomic E-state index is 2.40. The lowest BCUT2D eigenvalue weighted by atomic mass is 10.4.